The van der Waals surface area contributed by atoms with Crippen LogP contribution in [0.2, 0.25) is 10.0 Å². The predicted octanol–water partition coefficient (Wildman–Crippen LogP) is 2.50. The summed E-state index contributed by atoms with van der Waals surface area (Å²) < 4.78 is 5.11. The van der Waals surface area contributed by atoms with E-state index in [0.717, 1.165) is 5.56 Å². The van der Waals surface area contributed by atoms with Crippen LogP contribution in [0.1, 0.15) is 5.56 Å². The molecule has 4 heteroatoms. The van der Waals surface area contributed by atoms with E-state index >= 15 is 0 Å². The molecule has 0 saturated heterocycles. The molecule has 1 aromatic rings. The Morgan fingerprint density at radius 1 is 1.15 bits per heavy atom. The van der Waals surface area contributed by atoms with Crippen LogP contribution in [0.15, 0.2) is 18.2 Å². The van der Waals surface area contributed by atoms with Crippen LogP contribution in [0, 0.1) is 0 Å². The number of benzene rings is 1. The fourth-order valence-corrected chi connectivity index (χ4v) is 1.52. The monoisotopic (exact) mass is 220 g/mol. The van der Waals surface area contributed by atoms with Gasteiger partial charge in [-0.25, -0.2) is 0 Å². The van der Waals surface area contributed by atoms with Crippen molar-refractivity contribution >= 4 is 23.2 Å². The highest BCUT2D eigenvalue weighted by Crippen LogP contribution is 2.19. The van der Waals surface area contributed by atoms with Crippen molar-refractivity contribution in [3.8, 4) is 0 Å². The van der Waals surface area contributed by atoms with Crippen molar-refractivity contribution in [2.45, 2.75) is 6.61 Å². The molecule has 0 atom stereocenters. The Bertz CT molecular complexity index is 256. The smallest absolute Gasteiger partial charge is 0.0719 e. The molecule has 1 N–H and O–H groups in total. The molecule has 72 valence electrons. The Morgan fingerprint density at radius 2 is 1.77 bits per heavy atom. The van der Waals surface area contributed by atoms with Crippen LogP contribution < -0.4 is 0 Å². The molecule has 0 unspecified atom stereocenters. The lowest BCUT2D eigenvalue weighted by molar-refractivity contribution is 0.0815. The van der Waals surface area contributed by atoms with Gasteiger partial charge in [0.25, 0.3) is 0 Å². The first-order valence-electron chi connectivity index (χ1n) is 3.86. The molecule has 1 rings (SSSR count). The molecular formula is C9H10Cl2O2. The Labute approximate surface area is 87.0 Å². The number of aliphatic hydroxyl groups is 1. The zero-order valence-corrected chi connectivity index (χ0v) is 8.48. The Kier molecular flexibility index (Phi) is 4.53. The molecule has 0 saturated carbocycles. The van der Waals surface area contributed by atoms with E-state index in [1.54, 1.807) is 18.2 Å². The minimum absolute atomic E-state index is 0.0221. The minimum Gasteiger partial charge on any atom is -0.394 e. The van der Waals surface area contributed by atoms with E-state index in [9.17, 15) is 0 Å². The highest BCUT2D eigenvalue weighted by molar-refractivity contribution is 6.34. The second-order valence-electron chi connectivity index (χ2n) is 2.55. The Morgan fingerprint density at radius 3 is 2.31 bits per heavy atom. The molecule has 1 aromatic carbocycles. The zero-order chi connectivity index (χ0) is 9.68. The van der Waals surface area contributed by atoms with Crippen LogP contribution in [0.25, 0.3) is 0 Å². The highest BCUT2D eigenvalue weighted by atomic mass is 35.5. The van der Waals surface area contributed by atoms with Crippen molar-refractivity contribution in [2.75, 3.05) is 13.2 Å². The van der Waals surface area contributed by atoms with Gasteiger partial charge in [0.1, 0.15) is 0 Å². The molecule has 2 nitrogen and oxygen atoms in total. The van der Waals surface area contributed by atoms with Gasteiger partial charge in [0.15, 0.2) is 0 Å². The zero-order valence-electron chi connectivity index (χ0n) is 6.96. The molecule has 0 aliphatic heterocycles. The lowest BCUT2D eigenvalue weighted by Gasteiger charge is -2.03. The maximum Gasteiger partial charge on any atom is 0.0719 e. The summed E-state index contributed by atoms with van der Waals surface area (Å²) in [5.74, 6) is 0. The summed E-state index contributed by atoms with van der Waals surface area (Å²) in [6.07, 6.45) is 0. The third kappa shape index (κ3) is 3.96. The summed E-state index contributed by atoms with van der Waals surface area (Å²) in [4.78, 5) is 0. The quantitative estimate of drug-likeness (QED) is 0.791. The van der Waals surface area contributed by atoms with E-state index < -0.39 is 0 Å². The molecule has 0 bridgehead atoms. The second kappa shape index (κ2) is 5.45. The van der Waals surface area contributed by atoms with Crippen molar-refractivity contribution in [3.05, 3.63) is 33.8 Å². The van der Waals surface area contributed by atoms with Gasteiger partial charge in [-0.05, 0) is 23.8 Å². The standard InChI is InChI=1S/C9H10Cl2O2/c10-8-3-7(4-9(11)5-8)6-13-2-1-12/h3-5,12H,1-2,6H2. The first-order valence-corrected chi connectivity index (χ1v) is 4.61. The molecule has 0 aliphatic carbocycles. The van der Waals surface area contributed by atoms with E-state index in [4.69, 9.17) is 33.0 Å². The maximum absolute atomic E-state index is 8.48. The number of hydrogen-bond acceptors (Lipinski definition) is 2. The van der Waals surface area contributed by atoms with Crippen LogP contribution >= 0.6 is 23.2 Å². The van der Waals surface area contributed by atoms with Crippen molar-refractivity contribution in [1.82, 2.24) is 0 Å². The molecular weight excluding hydrogens is 211 g/mol. The van der Waals surface area contributed by atoms with Crippen LogP contribution in [-0.4, -0.2) is 18.3 Å². The molecule has 0 fully saturated rings. The molecule has 0 aromatic heterocycles. The lowest BCUT2D eigenvalue weighted by Crippen LogP contribution is -1.99. The molecule has 13 heavy (non-hydrogen) atoms. The summed E-state index contributed by atoms with van der Waals surface area (Å²) in [5.41, 5.74) is 0.908. The normalized spacial score (nSPS) is 10.4. The average molecular weight is 221 g/mol. The van der Waals surface area contributed by atoms with Crippen LogP contribution in [0.5, 0.6) is 0 Å². The van der Waals surface area contributed by atoms with Gasteiger partial charge >= 0.3 is 0 Å². The van der Waals surface area contributed by atoms with E-state index in [1.807, 2.05) is 0 Å². The molecule has 0 heterocycles. The van der Waals surface area contributed by atoms with Crippen molar-refractivity contribution in [1.29, 1.82) is 0 Å². The summed E-state index contributed by atoms with van der Waals surface area (Å²) in [6, 6.07) is 5.23. The summed E-state index contributed by atoms with van der Waals surface area (Å²) in [5, 5.41) is 9.66. The first-order chi connectivity index (χ1) is 6.22. The lowest BCUT2D eigenvalue weighted by atomic mass is 10.2. The molecule has 0 aliphatic rings. The topological polar surface area (TPSA) is 29.5 Å². The highest BCUT2D eigenvalue weighted by Gasteiger charge is 1.97. The third-order valence-electron chi connectivity index (χ3n) is 1.43. The SMILES string of the molecule is OCCOCc1cc(Cl)cc(Cl)c1. The summed E-state index contributed by atoms with van der Waals surface area (Å²) >= 11 is 11.5. The summed E-state index contributed by atoms with van der Waals surface area (Å²) in [6.45, 7) is 0.763. The van der Waals surface area contributed by atoms with Crippen LogP contribution in [0.3, 0.4) is 0 Å². The number of ether oxygens (including phenoxy) is 1. The Balaban J connectivity index is 2.56. The van der Waals surface area contributed by atoms with Gasteiger partial charge in [-0.1, -0.05) is 23.2 Å². The number of hydrogen-bond donors (Lipinski definition) is 1. The van der Waals surface area contributed by atoms with Crippen molar-refractivity contribution < 1.29 is 9.84 Å². The van der Waals surface area contributed by atoms with E-state index in [-0.39, 0.29) is 6.61 Å². The van der Waals surface area contributed by atoms with Gasteiger partial charge in [-0.2, -0.15) is 0 Å². The van der Waals surface area contributed by atoms with E-state index in [2.05, 4.69) is 0 Å². The minimum atomic E-state index is 0.0221. The van der Waals surface area contributed by atoms with E-state index in [1.165, 1.54) is 0 Å². The van der Waals surface area contributed by atoms with Crippen LogP contribution in [0.4, 0.5) is 0 Å². The number of rotatable bonds is 4. The van der Waals surface area contributed by atoms with Crippen molar-refractivity contribution in [3.63, 3.8) is 0 Å². The summed E-state index contributed by atoms with van der Waals surface area (Å²) in [7, 11) is 0. The largest absolute Gasteiger partial charge is 0.394 e. The van der Waals surface area contributed by atoms with Crippen LogP contribution in [-0.2, 0) is 11.3 Å². The van der Waals surface area contributed by atoms with Gasteiger partial charge in [0.2, 0.25) is 0 Å². The fourth-order valence-electron chi connectivity index (χ4n) is 0.949. The van der Waals surface area contributed by atoms with Gasteiger partial charge < -0.3 is 9.84 Å². The molecule has 0 spiro atoms. The number of halogens is 2. The second-order valence-corrected chi connectivity index (χ2v) is 3.43. The fraction of sp³-hybridized carbons (Fsp3) is 0.333. The van der Waals surface area contributed by atoms with Gasteiger partial charge in [0, 0.05) is 10.0 Å². The molecule has 0 amide bonds. The average Bonchev–Trinajstić information content (AvgIpc) is 2.03. The molecule has 0 radical (unpaired) electrons. The predicted molar refractivity (Wildman–Crippen MR) is 53.2 cm³/mol. The Hall–Kier alpha value is -0.280. The van der Waals surface area contributed by atoms with E-state index in [0.29, 0.717) is 23.3 Å². The first kappa shape index (κ1) is 10.8. The van der Waals surface area contributed by atoms with Gasteiger partial charge in [-0.3, -0.25) is 0 Å². The van der Waals surface area contributed by atoms with Gasteiger partial charge in [0.05, 0.1) is 19.8 Å². The number of aliphatic hydroxyl groups excluding tert-OH is 1. The maximum atomic E-state index is 8.48. The van der Waals surface area contributed by atoms with Crippen molar-refractivity contribution in [2.24, 2.45) is 0 Å². The third-order valence-corrected chi connectivity index (χ3v) is 1.86. The van der Waals surface area contributed by atoms with Gasteiger partial charge in [-0.15, -0.1) is 0 Å².